The van der Waals surface area contributed by atoms with Gasteiger partial charge in [-0.05, 0) is 23.6 Å². The van der Waals surface area contributed by atoms with Gasteiger partial charge in [-0.15, -0.1) is 11.3 Å². The summed E-state index contributed by atoms with van der Waals surface area (Å²) in [5, 5.41) is 5.77. The fourth-order valence-electron chi connectivity index (χ4n) is 2.33. The first kappa shape index (κ1) is 19.4. The van der Waals surface area contributed by atoms with Crippen molar-refractivity contribution in [2.75, 3.05) is 0 Å². The van der Waals surface area contributed by atoms with Crippen LogP contribution in [-0.4, -0.2) is 10.9 Å². The second-order valence-corrected chi connectivity index (χ2v) is 7.22. The molecule has 1 unspecified atom stereocenters. The average Bonchev–Trinajstić information content (AvgIpc) is 3.01. The summed E-state index contributed by atoms with van der Waals surface area (Å²) < 4.78 is 37.7. The normalized spacial score (nSPS) is 13.1. The number of halogens is 3. The number of alkyl halides is 3. The van der Waals surface area contributed by atoms with E-state index in [1.54, 1.807) is 11.3 Å². The van der Waals surface area contributed by atoms with Crippen molar-refractivity contribution in [2.24, 2.45) is 0 Å². The lowest BCUT2D eigenvalue weighted by molar-refractivity contribution is -0.137. The number of hydrogen-bond acceptors (Lipinski definition) is 3. The van der Waals surface area contributed by atoms with E-state index in [-0.39, 0.29) is 18.2 Å². The number of amides is 1. The zero-order valence-corrected chi connectivity index (χ0v) is 15.2. The Morgan fingerprint density at radius 3 is 2.36 bits per heavy atom. The van der Waals surface area contributed by atoms with E-state index in [2.05, 4.69) is 24.1 Å². The molecule has 0 aliphatic carbocycles. The Kier molecular flexibility index (Phi) is 6.21. The zero-order chi connectivity index (χ0) is 18.6. The molecule has 0 fully saturated rings. The highest BCUT2D eigenvalue weighted by Gasteiger charge is 2.30. The van der Waals surface area contributed by atoms with Gasteiger partial charge in [-0.25, -0.2) is 4.98 Å². The van der Waals surface area contributed by atoms with Crippen LogP contribution in [0.15, 0.2) is 29.6 Å². The van der Waals surface area contributed by atoms with Gasteiger partial charge in [0.05, 0.1) is 22.8 Å². The number of carbonyl (C=O) groups is 1. The molecule has 0 saturated carbocycles. The molecule has 2 aromatic rings. The molecule has 0 radical (unpaired) electrons. The molecule has 0 spiro atoms. The van der Waals surface area contributed by atoms with E-state index < -0.39 is 11.7 Å². The summed E-state index contributed by atoms with van der Waals surface area (Å²) in [5.41, 5.74) is 0.848. The van der Waals surface area contributed by atoms with Crippen LogP contribution in [0.3, 0.4) is 0 Å². The van der Waals surface area contributed by atoms with Crippen molar-refractivity contribution in [3.8, 4) is 0 Å². The molecule has 0 aliphatic heterocycles. The summed E-state index contributed by atoms with van der Waals surface area (Å²) in [7, 11) is 0. The van der Waals surface area contributed by atoms with Crippen molar-refractivity contribution in [3.63, 3.8) is 0 Å². The molecule has 1 aromatic carbocycles. The van der Waals surface area contributed by atoms with Gasteiger partial charge in [-0.3, -0.25) is 4.79 Å². The fourth-order valence-corrected chi connectivity index (χ4v) is 3.16. The van der Waals surface area contributed by atoms with Crippen molar-refractivity contribution in [1.29, 1.82) is 0 Å². The van der Waals surface area contributed by atoms with Gasteiger partial charge in [0.15, 0.2) is 0 Å². The van der Waals surface area contributed by atoms with Crippen LogP contribution < -0.4 is 5.32 Å². The quantitative estimate of drug-likeness (QED) is 0.769. The average molecular weight is 370 g/mol. The molecule has 1 amide bonds. The Labute approximate surface area is 149 Å². The summed E-state index contributed by atoms with van der Waals surface area (Å²) in [6.07, 6.45) is -4.13. The Morgan fingerprint density at radius 2 is 1.84 bits per heavy atom. The fraction of sp³-hybridized carbons (Fsp3) is 0.444. The Bertz CT molecular complexity index is 708. The van der Waals surface area contributed by atoms with E-state index in [0.717, 1.165) is 22.8 Å². The van der Waals surface area contributed by atoms with E-state index >= 15 is 0 Å². The minimum atomic E-state index is -4.35. The molecule has 0 saturated heterocycles. The summed E-state index contributed by atoms with van der Waals surface area (Å²) in [6.45, 7) is 6.31. The second kappa shape index (κ2) is 7.99. The number of hydrogen-bond donors (Lipinski definition) is 1. The van der Waals surface area contributed by atoms with Crippen molar-refractivity contribution in [1.82, 2.24) is 10.3 Å². The minimum absolute atomic E-state index is 0.147. The lowest BCUT2D eigenvalue weighted by Gasteiger charge is -2.13. The van der Waals surface area contributed by atoms with E-state index in [1.807, 2.05) is 12.3 Å². The van der Waals surface area contributed by atoms with Gasteiger partial charge in [0.25, 0.3) is 0 Å². The molecule has 25 heavy (non-hydrogen) atoms. The van der Waals surface area contributed by atoms with Crippen LogP contribution in [0.5, 0.6) is 0 Å². The number of benzene rings is 1. The maximum atomic E-state index is 12.6. The highest BCUT2D eigenvalue weighted by molar-refractivity contribution is 7.09. The highest BCUT2D eigenvalue weighted by Crippen LogP contribution is 2.30. The third-order valence-corrected chi connectivity index (χ3v) is 5.02. The van der Waals surface area contributed by atoms with Crippen molar-refractivity contribution >= 4 is 17.2 Å². The number of rotatable bonds is 6. The van der Waals surface area contributed by atoms with Crippen LogP contribution in [0, 0.1) is 0 Å². The lowest BCUT2D eigenvalue weighted by Crippen LogP contribution is -2.24. The highest BCUT2D eigenvalue weighted by atomic mass is 32.1. The van der Waals surface area contributed by atoms with Crippen LogP contribution in [0.1, 0.15) is 60.9 Å². The molecular weight excluding hydrogens is 349 g/mol. The maximum absolute atomic E-state index is 12.6. The van der Waals surface area contributed by atoms with E-state index in [1.165, 1.54) is 12.1 Å². The first-order chi connectivity index (χ1) is 11.7. The summed E-state index contributed by atoms with van der Waals surface area (Å²) in [5.74, 6) is 0.0459. The van der Waals surface area contributed by atoms with E-state index in [9.17, 15) is 18.0 Å². The van der Waals surface area contributed by atoms with E-state index in [4.69, 9.17) is 0 Å². The van der Waals surface area contributed by atoms with E-state index in [0.29, 0.717) is 18.0 Å². The maximum Gasteiger partial charge on any atom is 0.416 e. The standard InChI is InChI=1S/C18H21F3N2OS/c1-11(2)17-23-15(10-25-17)9-22-16(24)8-12(3)13-4-6-14(7-5-13)18(19,20)21/h4-7,10-12H,8-9H2,1-3H3,(H,22,24). The predicted molar refractivity (Wildman–Crippen MR) is 92.5 cm³/mol. The molecule has 1 N–H and O–H groups in total. The molecule has 1 atom stereocenters. The molecule has 7 heteroatoms. The number of nitrogens with one attached hydrogen (secondary N) is 1. The largest absolute Gasteiger partial charge is 0.416 e. The topological polar surface area (TPSA) is 42.0 Å². The summed E-state index contributed by atoms with van der Waals surface area (Å²) in [6, 6.07) is 4.95. The first-order valence-corrected chi connectivity index (χ1v) is 8.93. The molecule has 0 aliphatic rings. The van der Waals surface area contributed by atoms with Gasteiger partial charge >= 0.3 is 6.18 Å². The monoisotopic (exact) mass is 370 g/mol. The SMILES string of the molecule is CC(C)c1nc(CNC(=O)CC(C)c2ccc(C(F)(F)F)cc2)cs1. The zero-order valence-electron chi connectivity index (χ0n) is 14.4. The predicted octanol–water partition coefficient (Wildman–Crippen LogP) is 5.10. The first-order valence-electron chi connectivity index (χ1n) is 8.05. The Hall–Kier alpha value is -1.89. The van der Waals surface area contributed by atoms with Gasteiger partial charge in [0.2, 0.25) is 5.91 Å². The number of nitrogens with zero attached hydrogens (tertiary/aromatic N) is 1. The second-order valence-electron chi connectivity index (χ2n) is 6.33. The van der Waals surface area contributed by atoms with Crippen LogP contribution >= 0.6 is 11.3 Å². The molecule has 2 rings (SSSR count). The number of thiazole rings is 1. The lowest BCUT2D eigenvalue weighted by atomic mass is 9.96. The van der Waals surface area contributed by atoms with Gasteiger partial charge in [-0.2, -0.15) is 13.2 Å². The van der Waals surface area contributed by atoms with Crippen molar-refractivity contribution in [2.45, 2.75) is 51.7 Å². The Balaban J connectivity index is 1.87. The van der Waals surface area contributed by atoms with Crippen molar-refractivity contribution < 1.29 is 18.0 Å². The van der Waals surface area contributed by atoms with Crippen LogP contribution in [0.2, 0.25) is 0 Å². The van der Waals surface area contributed by atoms with Gasteiger partial charge in [0.1, 0.15) is 0 Å². The van der Waals surface area contributed by atoms with Gasteiger partial charge < -0.3 is 5.32 Å². The van der Waals surface area contributed by atoms with Crippen LogP contribution in [0.25, 0.3) is 0 Å². The van der Waals surface area contributed by atoms with Crippen molar-refractivity contribution in [3.05, 3.63) is 51.5 Å². The molecule has 0 bridgehead atoms. The third kappa shape index (κ3) is 5.56. The smallest absolute Gasteiger partial charge is 0.350 e. The molecule has 1 aromatic heterocycles. The van der Waals surface area contributed by atoms with Crippen LogP contribution in [-0.2, 0) is 17.5 Å². The molecule has 136 valence electrons. The Morgan fingerprint density at radius 1 is 1.20 bits per heavy atom. The van der Waals surface area contributed by atoms with Crippen LogP contribution in [0.4, 0.5) is 13.2 Å². The minimum Gasteiger partial charge on any atom is -0.350 e. The third-order valence-electron chi connectivity index (χ3n) is 3.83. The summed E-state index contributed by atoms with van der Waals surface area (Å²) >= 11 is 1.57. The molecule has 3 nitrogen and oxygen atoms in total. The van der Waals surface area contributed by atoms with Gasteiger partial charge in [0, 0.05) is 17.7 Å². The molecular formula is C18H21F3N2OS. The molecule has 1 heterocycles. The van der Waals surface area contributed by atoms with Gasteiger partial charge in [-0.1, -0.05) is 32.9 Å². The number of aromatic nitrogens is 1. The number of carbonyl (C=O) groups excluding carboxylic acids is 1. The summed E-state index contributed by atoms with van der Waals surface area (Å²) in [4.78, 5) is 16.5.